The van der Waals surface area contributed by atoms with Gasteiger partial charge in [0, 0.05) is 37.9 Å². The number of likely N-dealkylation sites (tertiary alicyclic amines) is 1. The van der Waals surface area contributed by atoms with Gasteiger partial charge in [0.05, 0.1) is 0 Å². The lowest BCUT2D eigenvalue weighted by Gasteiger charge is -2.44. The molecule has 0 bridgehead atoms. The Morgan fingerprint density at radius 2 is 1.46 bits per heavy atom. The van der Waals surface area contributed by atoms with E-state index in [9.17, 15) is 31.1 Å². The summed E-state index contributed by atoms with van der Waals surface area (Å²) >= 11 is 0. The SMILES string of the molecule is O=C(NC1CC1)c1nnc2n1CC1(CC2)CCN(Cc2ccncc2)CC1.O=C(O)C(F)(F)F.O=C(O)C(F)(F)F. The molecule has 2 aromatic rings. The van der Waals surface area contributed by atoms with E-state index < -0.39 is 24.3 Å². The predicted molar refractivity (Wildman–Crippen MR) is 127 cm³/mol. The number of amides is 1. The number of fused-ring (bicyclic) bond motifs is 1. The molecule has 0 unspecified atom stereocenters. The van der Waals surface area contributed by atoms with Gasteiger partial charge in [-0.15, -0.1) is 10.2 Å². The maximum Gasteiger partial charge on any atom is 0.490 e. The summed E-state index contributed by atoms with van der Waals surface area (Å²) in [5, 5.41) is 25.8. The Hall–Kier alpha value is -3.76. The number of nitrogens with one attached hydrogen (secondary N) is 1. The Bertz CT molecular complexity index is 1180. The molecule has 0 atom stereocenters. The molecule has 17 heteroatoms. The van der Waals surface area contributed by atoms with E-state index in [4.69, 9.17) is 19.8 Å². The summed E-state index contributed by atoms with van der Waals surface area (Å²) in [6.07, 6.45) is 0.146. The van der Waals surface area contributed by atoms with Crippen LogP contribution in [-0.4, -0.2) is 84.2 Å². The van der Waals surface area contributed by atoms with Crippen molar-refractivity contribution in [3.63, 3.8) is 0 Å². The first-order chi connectivity index (χ1) is 19.1. The fourth-order valence-corrected chi connectivity index (χ4v) is 4.46. The van der Waals surface area contributed by atoms with Crippen LogP contribution in [0.3, 0.4) is 0 Å². The number of aryl methyl sites for hydroxylation is 1. The summed E-state index contributed by atoms with van der Waals surface area (Å²) in [7, 11) is 0. The molecule has 2 fully saturated rings. The van der Waals surface area contributed by atoms with Crippen molar-refractivity contribution in [2.45, 2.75) is 70.0 Å². The average molecular weight is 595 g/mol. The average Bonchev–Trinajstić information content (AvgIpc) is 3.61. The summed E-state index contributed by atoms with van der Waals surface area (Å²) in [5.74, 6) is -4.08. The van der Waals surface area contributed by atoms with Crippen LogP contribution in [0, 0.1) is 5.41 Å². The van der Waals surface area contributed by atoms with Gasteiger partial charge >= 0.3 is 24.3 Å². The maximum absolute atomic E-state index is 12.5. The van der Waals surface area contributed by atoms with Gasteiger partial charge in [0.2, 0.25) is 5.82 Å². The highest BCUT2D eigenvalue weighted by Crippen LogP contribution is 2.41. The van der Waals surface area contributed by atoms with Gasteiger partial charge in [-0.05, 0) is 68.3 Å². The van der Waals surface area contributed by atoms with E-state index in [0.717, 1.165) is 57.7 Å². The molecule has 1 saturated carbocycles. The third kappa shape index (κ3) is 9.40. The number of nitrogens with zero attached hydrogens (tertiary/aromatic N) is 5. The number of pyridine rings is 1. The zero-order valence-electron chi connectivity index (χ0n) is 21.6. The minimum absolute atomic E-state index is 0.0524. The van der Waals surface area contributed by atoms with Crippen LogP contribution in [0.5, 0.6) is 0 Å². The van der Waals surface area contributed by atoms with Crippen LogP contribution in [0.4, 0.5) is 26.3 Å². The van der Waals surface area contributed by atoms with Crippen LogP contribution in [0.2, 0.25) is 0 Å². The maximum atomic E-state index is 12.5. The molecule has 0 radical (unpaired) electrons. The van der Waals surface area contributed by atoms with Crippen molar-refractivity contribution >= 4 is 17.8 Å². The van der Waals surface area contributed by atoms with Gasteiger partial charge in [0.1, 0.15) is 5.82 Å². The van der Waals surface area contributed by atoms with Crippen molar-refractivity contribution in [1.29, 1.82) is 0 Å². The smallest absolute Gasteiger partial charge is 0.475 e. The molecule has 1 saturated heterocycles. The lowest BCUT2D eigenvalue weighted by molar-refractivity contribution is -0.193. The Morgan fingerprint density at radius 1 is 0.927 bits per heavy atom. The van der Waals surface area contributed by atoms with Gasteiger partial charge in [0.25, 0.3) is 5.91 Å². The van der Waals surface area contributed by atoms with E-state index in [1.807, 2.05) is 12.4 Å². The van der Waals surface area contributed by atoms with Gasteiger partial charge in [0.15, 0.2) is 0 Å². The molecular formula is C24H28F6N6O5. The Balaban J connectivity index is 0.000000276. The van der Waals surface area contributed by atoms with Crippen molar-refractivity contribution in [2.75, 3.05) is 13.1 Å². The number of carboxylic acids is 2. The molecule has 1 amide bonds. The third-order valence-corrected chi connectivity index (χ3v) is 6.87. The van der Waals surface area contributed by atoms with Crippen LogP contribution in [0.15, 0.2) is 24.5 Å². The topological polar surface area (TPSA) is 151 Å². The lowest BCUT2D eigenvalue weighted by Crippen LogP contribution is -2.44. The highest BCUT2D eigenvalue weighted by atomic mass is 19.4. The van der Waals surface area contributed by atoms with Crippen LogP contribution < -0.4 is 5.32 Å². The second kappa shape index (κ2) is 12.8. The van der Waals surface area contributed by atoms with E-state index in [1.165, 1.54) is 18.4 Å². The number of carbonyl (C=O) groups is 3. The fraction of sp³-hybridized carbons (Fsp3) is 0.583. The molecule has 226 valence electrons. The number of aliphatic carboxylic acids is 2. The molecule has 1 aliphatic carbocycles. The standard InChI is InChI=1S/C20H26N6O.2C2HF3O2/c27-19(22-16-1-2-16)18-24-23-17-3-6-20(14-26(17)18)7-11-25(12-8-20)13-15-4-9-21-10-5-15;2*3-2(4,5)1(6)7/h4-5,9-10,16H,1-3,6-8,11-14H2,(H,22,27);2*(H,6,7). The number of carbonyl (C=O) groups excluding carboxylic acids is 1. The van der Waals surface area contributed by atoms with Crippen molar-refractivity contribution in [1.82, 2.24) is 30.0 Å². The summed E-state index contributed by atoms with van der Waals surface area (Å²) < 4.78 is 65.6. The summed E-state index contributed by atoms with van der Waals surface area (Å²) in [6, 6.07) is 4.54. The molecule has 3 aliphatic rings. The van der Waals surface area contributed by atoms with Crippen molar-refractivity contribution in [2.24, 2.45) is 5.41 Å². The molecular weight excluding hydrogens is 566 g/mol. The molecule has 1 spiro atoms. The summed E-state index contributed by atoms with van der Waals surface area (Å²) in [4.78, 5) is 36.9. The van der Waals surface area contributed by atoms with Gasteiger partial charge in [-0.25, -0.2) is 9.59 Å². The highest BCUT2D eigenvalue weighted by molar-refractivity contribution is 5.91. The monoisotopic (exact) mass is 594 g/mol. The largest absolute Gasteiger partial charge is 0.490 e. The second-order valence-electron chi connectivity index (χ2n) is 10.0. The van der Waals surface area contributed by atoms with Gasteiger partial charge in [-0.1, -0.05) is 0 Å². The first-order valence-electron chi connectivity index (χ1n) is 12.5. The van der Waals surface area contributed by atoms with Crippen molar-refractivity contribution < 1.29 is 50.9 Å². The number of hydrogen-bond acceptors (Lipinski definition) is 7. The van der Waals surface area contributed by atoms with E-state index in [1.54, 1.807) is 0 Å². The fourth-order valence-electron chi connectivity index (χ4n) is 4.46. The summed E-state index contributed by atoms with van der Waals surface area (Å²) in [5.41, 5.74) is 1.60. The first kappa shape index (κ1) is 31.8. The van der Waals surface area contributed by atoms with Crippen LogP contribution in [0.1, 0.15) is 54.1 Å². The number of hydrogen-bond donors (Lipinski definition) is 3. The van der Waals surface area contributed by atoms with E-state index >= 15 is 0 Å². The Morgan fingerprint density at radius 3 is 1.95 bits per heavy atom. The number of aromatic nitrogens is 4. The van der Waals surface area contributed by atoms with E-state index in [-0.39, 0.29) is 11.3 Å². The Labute approximate surface area is 229 Å². The number of halogens is 6. The van der Waals surface area contributed by atoms with Crippen molar-refractivity contribution in [3.8, 4) is 0 Å². The van der Waals surface area contributed by atoms with Crippen LogP contribution >= 0.6 is 0 Å². The minimum atomic E-state index is -5.08. The van der Waals surface area contributed by atoms with Crippen LogP contribution in [0.25, 0.3) is 0 Å². The normalized spacial score (nSPS) is 18.2. The number of piperidine rings is 1. The van der Waals surface area contributed by atoms with Gasteiger partial charge in [-0.2, -0.15) is 26.3 Å². The highest BCUT2D eigenvalue weighted by Gasteiger charge is 2.41. The minimum Gasteiger partial charge on any atom is -0.475 e. The lowest BCUT2D eigenvalue weighted by atomic mass is 9.73. The molecule has 4 heterocycles. The zero-order chi connectivity index (χ0) is 30.4. The molecule has 2 aromatic heterocycles. The molecule has 0 aromatic carbocycles. The number of alkyl halides is 6. The molecule has 11 nitrogen and oxygen atoms in total. The zero-order valence-corrected chi connectivity index (χ0v) is 21.6. The first-order valence-corrected chi connectivity index (χ1v) is 12.5. The van der Waals surface area contributed by atoms with Gasteiger partial charge in [-0.3, -0.25) is 14.7 Å². The second-order valence-corrected chi connectivity index (χ2v) is 10.0. The quantitative estimate of drug-likeness (QED) is 0.454. The van der Waals surface area contributed by atoms with Crippen molar-refractivity contribution in [3.05, 3.63) is 41.7 Å². The summed E-state index contributed by atoms with van der Waals surface area (Å²) in [6.45, 7) is 4.07. The molecule has 41 heavy (non-hydrogen) atoms. The molecule has 5 rings (SSSR count). The van der Waals surface area contributed by atoms with Gasteiger partial charge < -0.3 is 20.1 Å². The predicted octanol–water partition coefficient (Wildman–Crippen LogP) is 3.06. The van der Waals surface area contributed by atoms with Crippen LogP contribution in [-0.2, 0) is 29.1 Å². The molecule has 3 N–H and O–H groups in total. The third-order valence-electron chi connectivity index (χ3n) is 6.87. The number of rotatable bonds is 4. The molecule has 2 aliphatic heterocycles. The van der Waals surface area contributed by atoms with E-state index in [2.05, 4.69) is 42.1 Å². The van der Waals surface area contributed by atoms with E-state index in [0.29, 0.717) is 11.9 Å². The number of carboxylic acid groups (broad SMARTS) is 2. The Kier molecular flexibility index (Phi) is 9.94.